The number of aryl methyl sites for hydroxylation is 1. The summed E-state index contributed by atoms with van der Waals surface area (Å²) in [5.74, 6) is 1.89. The number of hydrogen-bond acceptors (Lipinski definition) is 4. The highest BCUT2D eigenvalue weighted by atomic mass is 32.2. The summed E-state index contributed by atoms with van der Waals surface area (Å²) in [7, 11) is 0. The lowest BCUT2D eigenvalue weighted by molar-refractivity contribution is 0.646. The summed E-state index contributed by atoms with van der Waals surface area (Å²) in [5.41, 5.74) is 4.73. The van der Waals surface area contributed by atoms with E-state index >= 15 is 0 Å². The van der Waals surface area contributed by atoms with Crippen molar-refractivity contribution in [2.24, 2.45) is 0 Å². The van der Waals surface area contributed by atoms with Crippen molar-refractivity contribution in [1.29, 1.82) is 0 Å². The predicted octanol–water partition coefficient (Wildman–Crippen LogP) is 1.98. The predicted molar refractivity (Wildman–Crippen MR) is 64.0 cm³/mol. The van der Waals surface area contributed by atoms with Crippen LogP contribution in [0.15, 0.2) is 35.5 Å². The Morgan fingerprint density at radius 2 is 2.12 bits per heavy atom. The Balaban J connectivity index is 1.90. The second-order valence-corrected chi connectivity index (χ2v) is 4.76. The first-order chi connectivity index (χ1) is 7.84. The lowest BCUT2D eigenvalue weighted by atomic mass is 10.1. The van der Waals surface area contributed by atoms with Gasteiger partial charge >= 0.3 is 0 Å². The number of nitrogens with one attached hydrogen (secondary N) is 1. The van der Waals surface area contributed by atoms with Gasteiger partial charge in [0.25, 0.3) is 0 Å². The average molecular weight is 232 g/mol. The number of rotatable bonds is 1. The summed E-state index contributed by atoms with van der Waals surface area (Å²) < 4.78 is 1.96. The van der Waals surface area contributed by atoms with E-state index in [1.165, 1.54) is 5.56 Å². The van der Waals surface area contributed by atoms with Crippen LogP contribution in [0.1, 0.15) is 17.4 Å². The molecule has 0 radical (unpaired) electrons. The molecule has 4 nitrogen and oxygen atoms in total. The fourth-order valence-electron chi connectivity index (χ4n) is 1.79. The van der Waals surface area contributed by atoms with Gasteiger partial charge in [0.15, 0.2) is 0 Å². The first-order valence-electron chi connectivity index (χ1n) is 5.21. The van der Waals surface area contributed by atoms with Crippen molar-refractivity contribution in [3.05, 3.63) is 41.7 Å². The summed E-state index contributed by atoms with van der Waals surface area (Å²) in [5, 5.41) is 9.10. The van der Waals surface area contributed by atoms with E-state index in [4.69, 9.17) is 0 Å². The van der Waals surface area contributed by atoms with Gasteiger partial charge < -0.3 is 5.43 Å². The van der Waals surface area contributed by atoms with Gasteiger partial charge in [0.2, 0.25) is 5.16 Å². The van der Waals surface area contributed by atoms with Gasteiger partial charge in [-0.2, -0.15) is 0 Å². The van der Waals surface area contributed by atoms with Crippen molar-refractivity contribution in [2.75, 3.05) is 11.2 Å². The largest absolute Gasteiger partial charge is 0.314 e. The molecule has 1 aromatic carbocycles. The fourth-order valence-corrected chi connectivity index (χ4v) is 2.79. The zero-order valence-corrected chi connectivity index (χ0v) is 9.74. The normalized spacial score (nSPS) is 18.9. The van der Waals surface area contributed by atoms with Crippen LogP contribution in [0.25, 0.3) is 0 Å². The Morgan fingerprint density at radius 1 is 1.31 bits per heavy atom. The van der Waals surface area contributed by atoms with Crippen molar-refractivity contribution in [1.82, 2.24) is 14.9 Å². The minimum Gasteiger partial charge on any atom is -0.314 e. The number of fused-ring (bicyclic) bond motifs is 1. The first-order valence-corrected chi connectivity index (χ1v) is 6.19. The van der Waals surface area contributed by atoms with Crippen LogP contribution >= 0.6 is 11.8 Å². The van der Waals surface area contributed by atoms with E-state index in [0.717, 1.165) is 16.7 Å². The smallest absolute Gasteiger partial charge is 0.210 e. The van der Waals surface area contributed by atoms with Crippen molar-refractivity contribution < 1.29 is 0 Å². The van der Waals surface area contributed by atoms with E-state index in [1.807, 2.05) is 17.7 Å². The highest BCUT2D eigenvalue weighted by Crippen LogP contribution is 2.29. The maximum atomic E-state index is 4.10. The topological polar surface area (TPSA) is 42.7 Å². The van der Waals surface area contributed by atoms with Crippen LogP contribution in [0.5, 0.6) is 0 Å². The molecule has 0 aliphatic carbocycles. The van der Waals surface area contributed by atoms with Crippen LogP contribution in [-0.4, -0.2) is 20.6 Å². The molecule has 5 heteroatoms. The third kappa shape index (κ3) is 1.57. The van der Waals surface area contributed by atoms with Gasteiger partial charge in [0, 0.05) is 5.75 Å². The number of nitrogens with zero attached hydrogens (tertiary/aromatic N) is 3. The molecule has 2 heterocycles. The molecule has 1 aliphatic heterocycles. The van der Waals surface area contributed by atoms with Crippen LogP contribution < -0.4 is 5.43 Å². The molecule has 16 heavy (non-hydrogen) atoms. The Hall–Kier alpha value is -1.49. The Bertz CT molecular complexity index is 494. The molecule has 0 saturated heterocycles. The van der Waals surface area contributed by atoms with E-state index in [0.29, 0.717) is 6.04 Å². The summed E-state index contributed by atoms with van der Waals surface area (Å²) in [6.45, 7) is 1.96. The molecular weight excluding hydrogens is 220 g/mol. The highest BCUT2D eigenvalue weighted by molar-refractivity contribution is 7.99. The quantitative estimate of drug-likeness (QED) is 0.816. The van der Waals surface area contributed by atoms with E-state index in [-0.39, 0.29) is 0 Å². The van der Waals surface area contributed by atoms with E-state index in [1.54, 1.807) is 11.8 Å². The maximum Gasteiger partial charge on any atom is 0.210 e. The monoisotopic (exact) mass is 232 g/mol. The minimum atomic E-state index is 0.327. The van der Waals surface area contributed by atoms with Crippen LogP contribution in [0.3, 0.4) is 0 Å². The minimum absolute atomic E-state index is 0.327. The van der Waals surface area contributed by atoms with Gasteiger partial charge in [-0.1, -0.05) is 42.1 Å². The Labute approximate surface area is 98.0 Å². The van der Waals surface area contributed by atoms with Crippen molar-refractivity contribution in [2.45, 2.75) is 18.1 Å². The molecular formula is C11H12N4S. The summed E-state index contributed by atoms with van der Waals surface area (Å²) in [6, 6.07) is 10.8. The first kappa shape index (κ1) is 9.72. The fraction of sp³-hybridized carbons (Fsp3) is 0.273. The van der Waals surface area contributed by atoms with E-state index < -0.39 is 0 Å². The summed E-state index contributed by atoms with van der Waals surface area (Å²) in [6.07, 6.45) is 0. The molecule has 0 unspecified atom stereocenters. The SMILES string of the molecule is Cc1nnc2n1N[C@H](c1ccccc1)CS2. The molecule has 2 aromatic rings. The molecule has 3 rings (SSSR count). The third-order valence-corrected chi connectivity index (χ3v) is 3.68. The van der Waals surface area contributed by atoms with Crippen LogP contribution in [0.4, 0.5) is 0 Å². The summed E-state index contributed by atoms with van der Waals surface area (Å²) >= 11 is 1.74. The van der Waals surface area contributed by atoms with Crippen molar-refractivity contribution in [3.63, 3.8) is 0 Å². The van der Waals surface area contributed by atoms with E-state index in [9.17, 15) is 0 Å². The zero-order valence-electron chi connectivity index (χ0n) is 8.92. The lowest BCUT2D eigenvalue weighted by Gasteiger charge is -2.25. The lowest BCUT2D eigenvalue weighted by Crippen LogP contribution is -2.28. The second kappa shape index (κ2) is 3.83. The van der Waals surface area contributed by atoms with Gasteiger partial charge in [-0.3, -0.25) is 0 Å². The molecule has 1 atom stereocenters. The number of aromatic nitrogens is 3. The molecule has 1 N–H and O–H groups in total. The van der Waals surface area contributed by atoms with E-state index in [2.05, 4.69) is 39.9 Å². The van der Waals surface area contributed by atoms with Crippen LogP contribution in [-0.2, 0) is 0 Å². The zero-order chi connectivity index (χ0) is 11.0. The number of benzene rings is 1. The Morgan fingerprint density at radius 3 is 2.94 bits per heavy atom. The molecule has 0 amide bonds. The second-order valence-electron chi connectivity index (χ2n) is 3.77. The average Bonchev–Trinajstić information content (AvgIpc) is 2.72. The van der Waals surface area contributed by atoms with Crippen molar-refractivity contribution >= 4 is 11.8 Å². The van der Waals surface area contributed by atoms with Crippen LogP contribution in [0.2, 0.25) is 0 Å². The van der Waals surface area contributed by atoms with Crippen LogP contribution in [0, 0.1) is 6.92 Å². The molecule has 0 fully saturated rings. The standard InChI is InChI=1S/C11H12N4S/c1-8-12-13-11-15(8)14-10(7-16-11)9-5-3-2-4-6-9/h2-6,10,14H,7H2,1H3/t10-/m0/s1. The van der Waals surface area contributed by atoms with Gasteiger partial charge in [-0.25, -0.2) is 4.68 Å². The third-order valence-electron chi connectivity index (χ3n) is 2.66. The highest BCUT2D eigenvalue weighted by Gasteiger charge is 2.22. The summed E-state index contributed by atoms with van der Waals surface area (Å²) in [4.78, 5) is 0. The van der Waals surface area contributed by atoms with Gasteiger partial charge in [0.1, 0.15) is 5.82 Å². The molecule has 0 saturated carbocycles. The van der Waals surface area contributed by atoms with Gasteiger partial charge in [-0.15, -0.1) is 10.2 Å². The van der Waals surface area contributed by atoms with Crippen molar-refractivity contribution in [3.8, 4) is 0 Å². The molecule has 82 valence electrons. The molecule has 1 aromatic heterocycles. The molecule has 0 bridgehead atoms. The molecule has 1 aliphatic rings. The number of thioether (sulfide) groups is 1. The van der Waals surface area contributed by atoms with Gasteiger partial charge in [0.05, 0.1) is 6.04 Å². The van der Waals surface area contributed by atoms with Gasteiger partial charge in [-0.05, 0) is 12.5 Å². The number of hydrogen-bond donors (Lipinski definition) is 1. The Kier molecular flexibility index (Phi) is 2.32. The molecule has 0 spiro atoms. The maximum absolute atomic E-state index is 4.10.